The van der Waals surface area contributed by atoms with Crippen LogP contribution in [-0.2, 0) is 9.59 Å². The van der Waals surface area contributed by atoms with Crippen LogP contribution in [0.3, 0.4) is 0 Å². The van der Waals surface area contributed by atoms with Crippen molar-refractivity contribution in [1.82, 2.24) is 0 Å². The summed E-state index contributed by atoms with van der Waals surface area (Å²) in [6.07, 6.45) is 1.26. The molecule has 0 saturated carbocycles. The van der Waals surface area contributed by atoms with E-state index in [4.69, 9.17) is 0 Å². The van der Waals surface area contributed by atoms with Crippen molar-refractivity contribution in [3.63, 3.8) is 0 Å². The molecular formula is C12H22O2. The van der Waals surface area contributed by atoms with Gasteiger partial charge in [-0.05, 0) is 18.3 Å². The van der Waals surface area contributed by atoms with Crippen LogP contribution in [0.4, 0.5) is 0 Å². The van der Waals surface area contributed by atoms with Crippen LogP contribution < -0.4 is 0 Å². The van der Waals surface area contributed by atoms with Crippen molar-refractivity contribution in [2.45, 2.75) is 48.0 Å². The topological polar surface area (TPSA) is 34.1 Å². The average Bonchev–Trinajstić information content (AvgIpc) is 1.99. The van der Waals surface area contributed by atoms with Gasteiger partial charge in [0.25, 0.3) is 0 Å². The summed E-state index contributed by atoms with van der Waals surface area (Å²) in [5.74, 6) is 0.116. The second kappa shape index (κ2) is 4.24. The van der Waals surface area contributed by atoms with Gasteiger partial charge in [0.1, 0.15) is 12.1 Å². The summed E-state index contributed by atoms with van der Waals surface area (Å²) in [4.78, 5) is 22.9. The Balaban J connectivity index is 4.73. The summed E-state index contributed by atoms with van der Waals surface area (Å²) >= 11 is 0. The van der Waals surface area contributed by atoms with E-state index in [1.54, 1.807) is 6.92 Å². The summed E-state index contributed by atoms with van der Waals surface area (Å²) in [7, 11) is 0. The van der Waals surface area contributed by atoms with Gasteiger partial charge in [0.2, 0.25) is 0 Å². The Morgan fingerprint density at radius 1 is 1.21 bits per heavy atom. The number of carbonyl (C=O) groups is 2. The molecule has 0 aromatic carbocycles. The van der Waals surface area contributed by atoms with E-state index in [0.29, 0.717) is 6.42 Å². The smallest absolute Gasteiger partial charge is 0.146 e. The first-order chi connectivity index (χ1) is 6.13. The predicted octanol–water partition coefficient (Wildman–Crippen LogP) is 2.85. The fourth-order valence-electron chi connectivity index (χ4n) is 1.20. The minimum Gasteiger partial charge on any atom is -0.302 e. The number of rotatable bonds is 4. The molecule has 0 rings (SSSR count). The first-order valence-corrected chi connectivity index (χ1v) is 5.13. The molecule has 0 fully saturated rings. The highest BCUT2D eigenvalue weighted by Crippen LogP contribution is 2.31. The Morgan fingerprint density at radius 3 is 1.86 bits per heavy atom. The molecule has 0 aromatic heterocycles. The molecule has 0 aromatic rings. The number of hydrogen-bond acceptors (Lipinski definition) is 2. The molecule has 1 atom stereocenters. The van der Waals surface area contributed by atoms with E-state index in [0.717, 1.165) is 6.29 Å². The second-order valence-electron chi connectivity index (χ2n) is 5.72. The minimum atomic E-state index is -0.812. The van der Waals surface area contributed by atoms with Crippen LogP contribution >= 0.6 is 0 Å². The van der Waals surface area contributed by atoms with Gasteiger partial charge >= 0.3 is 0 Å². The Labute approximate surface area is 87.1 Å². The highest BCUT2D eigenvalue weighted by molar-refractivity contribution is 5.98. The lowest BCUT2D eigenvalue weighted by atomic mass is 9.72. The molecule has 0 aliphatic carbocycles. The molecule has 1 unspecified atom stereocenters. The molecule has 0 spiro atoms. The molecular weight excluding hydrogens is 176 g/mol. The molecule has 0 N–H and O–H groups in total. The number of aldehydes is 1. The molecule has 0 amide bonds. The SMILES string of the molecule is CC(C)C(C)(C=O)C(=O)CC(C)(C)C. The zero-order valence-corrected chi connectivity index (χ0v) is 10.2. The Hall–Kier alpha value is -0.660. The third kappa shape index (κ3) is 3.24. The summed E-state index contributed by atoms with van der Waals surface area (Å²) in [5, 5.41) is 0. The molecule has 0 heterocycles. The normalized spacial score (nSPS) is 16.5. The van der Waals surface area contributed by atoms with Crippen LogP contribution in [0.1, 0.15) is 48.0 Å². The Kier molecular flexibility index (Phi) is 4.04. The standard InChI is InChI=1S/C12H22O2/c1-9(2)12(6,8-13)10(14)7-11(3,4)5/h8-9H,7H2,1-6H3. The number of hydrogen-bond donors (Lipinski definition) is 0. The third-order valence-corrected chi connectivity index (χ3v) is 2.74. The highest BCUT2D eigenvalue weighted by atomic mass is 16.1. The molecule has 0 radical (unpaired) electrons. The van der Waals surface area contributed by atoms with E-state index in [2.05, 4.69) is 0 Å². The third-order valence-electron chi connectivity index (χ3n) is 2.74. The summed E-state index contributed by atoms with van der Waals surface area (Å²) in [6.45, 7) is 11.6. The van der Waals surface area contributed by atoms with Crippen LogP contribution in [0.15, 0.2) is 0 Å². The monoisotopic (exact) mass is 198 g/mol. The van der Waals surface area contributed by atoms with Crippen LogP contribution in [0.2, 0.25) is 0 Å². The molecule has 82 valence electrons. The van der Waals surface area contributed by atoms with Crippen molar-refractivity contribution >= 4 is 12.1 Å². The molecule has 0 aliphatic heterocycles. The molecule has 0 aliphatic rings. The van der Waals surface area contributed by atoms with Gasteiger partial charge in [0.15, 0.2) is 0 Å². The van der Waals surface area contributed by atoms with E-state index >= 15 is 0 Å². The van der Waals surface area contributed by atoms with Crippen molar-refractivity contribution in [3.05, 3.63) is 0 Å². The lowest BCUT2D eigenvalue weighted by Gasteiger charge is -2.29. The van der Waals surface area contributed by atoms with Crippen LogP contribution in [0, 0.1) is 16.7 Å². The summed E-state index contributed by atoms with van der Waals surface area (Å²) < 4.78 is 0. The van der Waals surface area contributed by atoms with Gasteiger partial charge in [-0.15, -0.1) is 0 Å². The first-order valence-electron chi connectivity index (χ1n) is 5.13. The maximum atomic E-state index is 11.9. The van der Waals surface area contributed by atoms with E-state index < -0.39 is 5.41 Å². The summed E-state index contributed by atoms with van der Waals surface area (Å²) in [5.41, 5.74) is -0.858. The number of Topliss-reactive ketones (excluding diaryl/α,β-unsaturated/α-hetero) is 1. The maximum absolute atomic E-state index is 11.9. The van der Waals surface area contributed by atoms with E-state index in [1.165, 1.54) is 0 Å². The van der Waals surface area contributed by atoms with Crippen molar-refractivity contribution in [1.29, 1.82) is 0 Å². The number of ketones is 1. The highest BCUT2D eigenvalue weighted by Gasteiger charge is 2.37. The zero-order valence-electron chi connectivity index (χ0n) is 10.2. The van der Waals surface area contributed by atoms with Crippen molar-refractivity contribution < 1.29 is 9.59 Å². The fourth-order valence-corrected chi connectivity index (χ4v) is 1.20. The molecule has 14 heavy (non-hydrogen) atoms. The first kappa shape index (κ1) is 13.3. The van der Waals surface area contributed by atoms with Gasteiger partial charge in [-0.2, -0.15) is 0 Å². The van der Waals surface area contributed by atoms with Crippen LogP contribution in [0.5, 0.6) is 0 Å². The van der Waals surface area contributed by atoms with Gasteiger partial charge in [0, 0.05) is 6.42 Å². The van der Waals surface area contributed by atoms with Crippen LogP contribution in [0.25, 0.3) is 0 Å². The largest absolute Gasteiger partial charge is 0.302 e. The van der Waals surface area contributed by atoms with Gasteiger partial charge in [-0.3, -0.25) is 4.79 Å². The fraction of sp³-hybridized carbons (Fsp3) is 0.833. The molecule has 2 nitrogen and oxygen atoms in total. The van der Waals surface area contributed by atoms with E-state index in [1.807, 2.05) is 34.6 Å². The zero-order chi connectivity index (χ0) is 11.6. The predicted molar refractivity (Wildman–Crippen MR) is 58.1 cm³/mol. The van der Waals surface area contributed by atoms with Crippen molar-refractivity contribution in [2.24, 2.45) is 16.7 Å². The van der Waals surface area contributed by atoms with Crippen LogP contribution in [-0.4, -0.2) is 12.1 Å². The van der Waals surface area contributed by atoms with Crippen molar-refractivity contribution in [2.75, 3.05) is 0 Å². The summed E-state index contributed by atoms with van der Waals surface area (Å²) in [6, 6.07) is 0. The van der Waals surface area contributed by atoms with Gasteiger partial charge in [0.05, 0.1) is 5.41 Å². The van der Waals surface area contributed by atoms with Gasteiger partial charge in [-0.1, -0.05) is 34.6 Å². The second-order valence-corrected chi connectivity index (χ2v) is 5.72. The number of carbonyl (C=O) groups excluding carboxylic acids is 2. The van der Waals surface area contributed by atoms with E-state index in [9.17, 15) is 9.59 Å². The average molecular weight is 198 g/mol. The molecule has 0 saturated heterocycles. The maximum Gasteiger partial charge on any atom is 0.146 e. The lowest BCUT2D eigenvalue weighted by Crippen LogP contribution is -2.37. The van der Waals surface area contributed by atoms with Gasteiger partial charge < -0.3 is 4.79 Å². The Bertz CT molecular complexity index is 223. The van der Waals surface area contributed by atoms with E-state index in [-0.39, 0.29) is 17.1 Å². The lowest BCUT2D eigenvalue weighted by molar-refractivity contribution is -0.137. The molecule has 2 heteroatoms. The Morgan fingerprint density at radius 2 is 1.64 bits per heavy atom. The molecule has 0 bridgehead atoms. The quantitative estimate of drug-likeness (QED) is 0.514. The van der Waals surface area contributed by atoms with Crippen molar-refractivity contribution in [3.8, 4) is 0 Å². The van der Waals surface area contributed by atoms with Gasteiger partial charge in [-0.25, -0.2) is 0 Å². The minimum absolute atomic E-state index is 0.0454.